The first-order valence-electron chi connectivity index (χ1n) is 11.9. The molecule has 2 amide bonds. The molecule has 0 saturated heterocycles. The van der Waals surface area contributed by atoms with Gasteiger partial charge in [-0.3, -0.25) is 9.08 Å². The number of halogens is 2. The zero-order chi connectivity index (χ0) is 27.6. The van der Waals surface area contributed by atoms with Crippen LogP contribution in [0.1, 0.15) is 11.1 Å². The molecule has 0 bridgehead atoms. The number of rotatable bonds is 8. The maximum Gasteiger partial charge on any atom is 0.335 e. The normalized spacial score (nSPS) is 13.4. The maximum absolute atomic E-state index is 14.0. The van der Waals surface area contributed by atoms with Crippen LogP contribution in [0.15, 0.2) is 79.0 Å². The van der Waals surface area contributed by atoms with Crippen LogP contribution >= 0.6 is 23.2 Å². The third-order valence-electron chi connectivity index (χ3n) is 5.89. The van der Waals surface area contributed by atoms with Crippen molar-refractivity contribution in [1.29, 1.82) is 0 Å². The molecule has 0 fully saturated rings. The molecule has 1 aliphatic heterocycles. The number of hydrogen-bond acceptors (Lipinski definition) is 7. The minimum atomic E-state index is -3.57. The summed E-state index contributed by atoms with van der Waals surface area (Å²) in [4.78, 5) is 26.2. The lowest BCUT2D eigenvalue weighted by Gasteiger charge is -2.36. The van der Waals surface area contributed by atoms with Gasteiger partial charge >= 0.3 is 6.03 Å². The van der Waals surface area contributed by atoms with E-state index in [9.17, 15) is 13.2 Å². The van der Waals surface area contributed by atoms with Crippen LogP contribution < -0.4 is 15.1 Å². The van der Waals surface area contributed by atoms with E-state index in [4.69, 9.17) is 32.4 Å². The molecule has 3 aromatic carbocycles. The first-order valence-corrected chi connectivity index (χ1v) is 14.4. The van der Waals surface area contributed by atoms with Crippen molar-refractivity contribution in [1.82, 2.24) is 9.97 Å². The molecule has 0 radical (unpaired) electrons. The molecule has 0 saturated carbocycles. The van der Waals surface area contributed by atoms with Crippen molar-refractivity contribution in [2.45, 2.75) is 13.0 Å². The van der Waals surface area contributed by atoms with E-state index >= 15 is 0 Å². The SMILES string of the molecule is CS(=O)(=O)OCCc1cccc(N2C(=O)N(c3ccc(Cl)cc3Cl)Cc3cnc(Nc4ccccc4)nc32)c1. The molecule has 200 valence electrons. The van der Waals surface area contributed by atoms with Crippen molar-refractivity contribution in [2.75, 3.05) is 28.0 Å². The average Bonchev–Trinajstić information content (AvgIpc) is 2.89. The fourth-order valence-electron chi connectivity index (χ4n) is 4.15. The second-order valence-corrected chi connectivity index (χ2v) is 11.3. The molecule has 5 rings (SSSR count). The van der Waals surface area contributed by atoms with Crippen molar-refractivity contribution in [3.63, 3.8) is 0 Å². The predicted molar refractivity (Wildman–Crippen MR) is 153 cm³/mol. The van der Waals surface area contributed by atoms with Crippen LogP contribution in [0, 0.1) is 0 Å². The van der Waals surface area contributed by atoms with Crippen LogP contribution in [0.3, 0.4) is 0 Å². The van der Waals surface area contributed by atoms with Crippen molar-refractivity contribution >= 4 is 68.2 Å². The molecule has 2 heterocycles. The Kier molecular flexibility index (Phi) is 7.72. The van der Waals surface area contributed by atoms with Crippen molar-refractivity contribution in [3.05, 3.63) is 100 Å². The Morgan fingerprint density at radius 3 is 2.56 bits per heavy atom. The van der Waals surface area contributed by atoms with Gasteiger partial charge in [0.1, 0.15) is 0 Å². The third-order valence-corrected chi connectivity index (χ3v) is 7.02. The molecule has 0 aliphatic carbocycles. The van der Waals surface area contributed by atoms with Crippen LogP contribution in [0.2, 0.25) is 10.0 Å². The third kappa shape index (κ3) is 6.31. The van der Waals surface area contributed by atoms with E-state index in [-0.39, 0.29) is 19.2 Å². The first-order chi connectivity index (χ1) is 18.7. The number of urea groups is 1. The highest BCUT2D eigenvalue weighted by molar-refractivity contribution is 7.85. The zero-order valence-electron chi connectivity index (χ0n) is 20.7. The molecular formula is C27H23Cl2N5O4S. The van der Waals surface area contributed by atoms with Gasteiger partial charge in [-0.1, -0.05) is 53.5 Å². The van der Waals surface area contributed by atoms with Gasteiger partial charge < -0.3 is 5.32 Å². The Labute approximate surface area is 236 Å². The fraction of sp³-hybridized carbons (Fsp3) is 0.148. The summed E-state index contributed by atoms with van der Waals surface area (Å²) in [7, 11) is -3.57. The lowest BCUT2D eigenvalue weighted by Crippen LogP contribution is -2.45. The average molecular weight is 584 g/mol. The van der Waals surface area contributed by atoms with E-state index in [1.54, 1.807) is 42.6 Å². The van der Waals surface area contributed by atoms with Crippen LogP contribution in [0.4, 0.5) is 33.6 Å². The van der Waals surface area contributed by atoms with Gasteiger partial charge in [-0.15, -0.1) is 0 Å². The summed E-state index contributed by atoms with van der Waals surface area (Å²) in [5.74, 6) is 0.743. The highest BCUT2D eigenvalue weighted by atomic mass is 35.5. The van der Waals surface area contributed by atoms with E-state index in [2.05, 4.69) is 10.3 Å². The lowest BCUT2D eigenvalue weighted by atomic mass is 10.1. The second kappa shape index (κ2) is 11.2. The Balaban J connectivity index is 1.55. The highest BCUT2D eigenvalue weighted by Gasteiger charge is 2.35. The Morgan fingerprint density at radius 2 is 1.82 bits per heavy atom. The number of anilines is 5. The van der Waals surface area contributed by atoms with E-state index in [1.165, 1.54) is 9.80 Å². The number of amides is 2. The Hall–Kier alpha value is -3.70. The van der Waals surface area contributed by atoms with Gasteiger partial charge in [-0.25, -0.2) is 14.7 Å². The fourth-order valence-corrected chi connectivity index (χ4v) is 5.04. The molecule has 1 N–H and O–H groups in total. The van der Waals surface area contributed by atoms with Gasteiger partial charge in [-0.05, 0) is 54.4 Å². The number of nitrogens with one attached hydrogen (secondary N) is 1. The maximum atomic E-state index is 14.0. The number of carbonyl (C=O) groups excluding carboxylic acids is 1. The minimum Gasteiger partial charge on any atom is -0.324 e. The van der Waals surface area contributed by atoms with Gasteiger partial charge in [-0.2, -0.15) is 13.4 Å². The molecule has 0 spiro atoms. The summed E-state index contributed by atoms with van der Waals surface area (Å²) in [6.45, 7) is 0.173. The van der Waals surface area contributed by atoms with E-state index < -0.39 is 10.1 Å². The largest absolute Gasteiger partial charge is 0.335 e. The molecule has 12 heteroatoms. The lowest BCUT2D eigenvalue weighted by molar-refractivity contribution is 0.252. The number of carbonyl (C=O) groups is 1. The topological polar surface area (TPSA) is 105 Å². The molecule has 4 aromatic rings. The van der Waals surface area contributed by atoms with Crippen LogP contribution in [0.25, 0.3) is 0 Å². The van der Waals surface area contributed by atoms with Crippen LogP contribution in [0.5, 0.6) is 0 Å². The molecule has 39 heavy (non-hydrogen) atoms. The first kappa shape index (κ1) is 26.9. The summed E-state index contributed by atoms with van der Waals surface area (Å²) < 4.78 is 27.7. The molecular weight excluding hydrogens is 561 g/mol. The van der Waals surface area contributed by atoms with Gasteiger partial charge in [0.25, 0.3) is 10.1 Å². The van der Waals surface area contributed by atoms with Gasteiger partial charge in [0, 0.05) is 22.5 Å². The van der Waals surface area contributed by atoms with Crippen molar-refractivity contribution in [3.8, 4) is 0 Å². The quantitative estimate of drug-likeness (QED) is 0.242. The van der Waals surface area contributed by atoms with Gasteiger partial charge in [0.15, 0.2) is 5.82 Å². The summed E-state index contributed by atoms with van der Waals surface area (Å²) in [6, 6.07) is 21.2. The highest BCUT2D eigenvalue weighted by Crippen LogP contribution is 2.39. The standard InChI is InChI=1S/C27H23Cl2N5O4S/c1-39(36,37)38-13-12-18-6-5-9-22(14-18)34-25-19(16-30-26(32-25)31-21-7-3-2-4-8-21)17-33(27(34)35)24-11-10-20(28)15-23(24)29/h2-11,14-16H,12-13,17H2,1H3,(H,30,31,32). The monoisotopic (exact) mass is 583 g/mol. The Morgan fingerprint density at radius 1 is 1.03 bits per heavy atom. The summed E-state index contributed by atoms with van der Waals surface area (Å²) in [5.41, 5.74) is 3.31. The smallest absolute Gasteiger partial charge is 0.324 e. The van der Waals surface area contributed by atoms with Crippen molar-refractivity contribution < 1.29 is 17.4 Å². The van der Waals surface area contributed by atoms with Crippen molar-refractivity contribution in [2.24, 2.45) is 0 Å². The summed E-state index contributed by atoms with van der Waals surface area (Å²) >= 11 is 12.6. The molecule has 0 atom stereocenters. The van der Waals surface area contributed by atoms with Crippen LogP contribution in [-0.2, 0) is 27.3 Å². The number of nitrogens with zero attached hydrogens (tertiary/aromatic N) is 4. The molecule has 0 unspecified atom stereocenters. The number of para-hydroxylation sites is 1. The number of fused-ring (bicyclic) bond motifs is 1. The number of aromatic nitrogens is 2. The Bertz CT molecular complexity index is 1640. The minimum absolute atomic E-state index is 0.0212. The predicted octanol–water partition coefficient (Wildman–Crippen LogP) is 6.32. The molecule has 1 aliphatic rings. The van der Waals surface area contributed by atoms with Gasteiger partial charge in [0.2, 0.25) is 5.95 Å². The van der Waals surface area contributed by atoms with E-state index in [1.807, 2.05) is 36.4 Å². The van der Waals surface area contributed by atoms with Crippen LogP contribution in [-0.4, -0.2) is 37.3 Å². The molecule has 9 nitrogen and oxygen atoms in total. The summed E-state index contributed by atoms with van der Waals surface area (Å²) in [5, 5.41) is 3.95. The van der Waals surface area contributed by atoms with E-state index in [0.717, 1.165) is 17.5 Å². The van der Waals surface area contributed by atoms with Gasteiger partial charge in [0.05, 0.1) is 35.8 Å². The number of hydrogen-bond donors (Lipinski definition) is 1. The summed E-state index contributed by atoms with van der Waals surface area (Å²) in [6.07, 6.45) is 3.00. The molecule has 1 aromatic heterocycles. The second-order valence-electron chi connectivity index (χ2n) is 8.78. The zero-order valence-corrected chi connectivity index (χ0v) is 23.0. The van der Waals surface area contributed by atoms with E-state index in [0.29, 0.717) is 45.2 Å². The number of benzene rings is 3.